The lowest BCUT2D eigenvalue weighted by Gasteiger charge is -2.05. The van der Waals surface area contributed by atoms with Crippen molar-refractivity contribution in [2.75, 3.05) is 5.32 Å². The maximum absolute atomic E-state index is 11.4. The number of carbonyl (C=O) groups excluding carboxylic acids is 1. The summed E-state index contributed by atoms with van der Waals surface area (Å²) in [5.41, 5.74) is 4.49. The van der Waals surface area contributed by atoms with Crippen molar-refractivity contribution in [2.45, 2.75) is 19.8 Å². The molecule has 0 aliphatic heterocycles. The molecule has 1 amide bonds. The van der Waals surface area contributed by atoms with Crippen molar-refractivity contribution in [3.05, 3.63) is 89.5 Å². The smallest absolute Gasteiger partial charge is 0.224 e. The van der Waals surface area contributed by atoms with Gasteiger partial charge in [0.15, 0.2) is 0 Å². The van der Waals surface area contributed by atoms with Crippen LogP contribution in [0.1, 0.15) is 30.0 Å². The highest BCUT2D eigenvalue weighted by Crippen LogP contribution is 2.21. The second kappa shape index (κ2) is 8.81. The predicted octanol–water partition coefficient (Wildman–Crippen LogP) is 5.08. The average Bonchev–Trinajstić information content (AvgIpc) is 2.70. The van der Waals surface area contributed by atoms with Crippen molar-refractivity contribution in [3.8, 4) is 5.75 Å². The number of benzene rings is 3. The molecule has 0 atom stereocenters. The van der Waals surface area contributed by atoms with Gasteiger partial charge in [-0.15, -0.1) is 0 Å². The van der Waals surface area contributed by atoms with Crippen molar-refractivity contribution in [3.63, 3.8) is 0 Å². The van der Waals surface area contributed by atoms with Crippen LogP contribution in [-0.2, 0) is 11.2 Å². The molecule has 0 aliphatic carbocycles. The van der Waals surface area contributed by atoms with Crippen molar-refractivity contribution in [1.29, 1.82) is 0 Å². The summed E-state index contributed by atoms with van der Waals surface area (Å²) in [4.78, 5) is 15.8. The molecule has 0 saturated heterocycles. The molecule has 3 aromatic carbocycles. The summed E-state index contributed by atoms with van der Waals surface area (Å²) in [6.45, 7) is 1.81. The SMILES string of the molecule is CCC(=O)Nc1ccc(N=Cc2cc(Cc3ccccc3)ccc2O)cc1. The highest BCUT2D eigenvalue weighted by Gasteiger charge is 2.03. The van der Waals surface area contributed by atoms with Gasteiger partial charge >= 0.3 is 0 Å². The maximum Gasteiger partial charge on any atom is 0.224 e. The van der Waals surface area contributed by atoms with Gasteiger partial charge in [-0.3, -0.25) is 9.79 Å². The van der Waals surface area contributed by atoms with Crippen LogP contribution in [0.5, 0.6) is 5.75 Å². The Labute approximate surface area is 159 Å². The van der Waals surface area contributed by atoms with Crippen LogP contribution < -0.4 is 5.32 Å². The third-order valence-corrected chi connectivity index (χ3v) is 4.17. The number of nitrogens with one attached hydrogen (secondary N) is 1. The Hall–Kier alpha value is -3.40. The fourth-order valence-corrected chi connectivity index (χ4v) is 2.67. The van der Waals surface area contributed by atoms with E-state index in [0.717, 1.165) is 23.4 Å². The lowest BCUT2D eigenvalue weighted by atomic mass is 10.0. The largest absolute Gasteiger partial charge is 0.507 e. The molecule has 4 heteroatoms. The number of carbonyl (C=O) groups is 1. The number of aromatic hydroxyl groups is 1. The van der Waals surface area contributed by atoms with E-state index in [-0.39, 0.29) is 11.7 Å². The standard InChI is InChI=1S/C23H22N2O2/c1-2-23(27)25-21-11-9-20(10-12-21)24-16-19-15-18(8-13-22(19)26)14-17-6-4-3-5-7-17/h3-13,15-16,26H,2,14H2,1H3,(H,25,27). The minimum absolute atomic E-state index is 0.0218. The molecule has 0 aromatic heterocycles. The first-order valence-electron chi connectivity index (χ1n) is 8.94. The van der Waals surface area contributed by atoms with Crippen LogP contribution in [0.4, 0.5) is 11.4 Å². The molecule has 3 rings (SSSR count). The number of amides is 1. The van der Waals surface area contributed by atoms with Crippen LogP contribution in [0, 0.1) is 0 Å². The summed E-state index contributed by atoms with van der Waals surface area (Å²) in [7, 11) is 0. The molecule has 0 unspecified atom stereocenters. The van der Waals surface area contributed by atoms with E-state index in [1.807, 2.05) is 61.5 Å². The number of aliphatic imine (C=N–C) groups is 1. The van der Waals surface area contributed by atoms with Crippen molar-refractivity contribution >= 4 is 23.5 Å². The van der Waals surface area contributed by atoms with Crippen molar-refractivity contribution < 1.29 is 9.90 Å². The summed E-state index contributed by atoms with van der Waals surface area (Å²) in [5, 5.41) is 12.9. The molecule has 4 nitrogen and oxygen atoms in total. The number of hydrogen-bond donors (Lipinski definition) is 2. The zero-order valence-corrected chi connectivity index (χ0v) is 15.2. The van der Waals surface area contributed by atoms with Gasteiger partial charge in [-0.05, 0) is 53.9 Å². The summed E-state index contributed by atoms with van der Waals surface area (Å²) >= 11 is 0. The first-order chi connectivity index (χ1) is 13.1. The predicted molar refractivity (Wildman–Crippen MR) is 110 cm³/mol. The van der Waals surface area contributed by atoms with Crippen LogP contribution in [0.3, 0.4) is 0 Å². The zero-order chi connectivity index (χ0) is 19.1. The molecule has 27 heavy (non-hydrogen) atoms. The third-order valence-electron chi connectivity index (χ3n) is 4.17. The highest BCUT2D eigenvalue weighted by molar-refractivity contribution is 5.90. The Morgan fingerprint density at radius 2 is 1.74 bits per heavy atom. The van der Waals surface area contributed by atoms with E-state index < -0.39 is 0 Å². The van der Waals surface area contributed by atoms with Crippen LogP contribution in [0.15, 0.2) is 77.8 Å². The molecule has 136 valence electrons. The molecule has 0 heterocycles. The Balaban J connectivity index is 1.72. The van der Waals surface area contributed by atoms with Gasteiger partial charge in [-0.2, -0.15) is 0 Å². The van der Waals surface area contributed by atoms with Crippen LogP contribution >= 0.6 is 0 Å². The fourth-order valence-electron chi connectivity index (χ4n) is 2.67. The Kier molecular flexibility index (Phi) is 6.00. The lowest BCUT2D eigenvalue weighted by Crippen LogP contribution is -2.08. The lowest BCUT2D eigenvalue weighted by molar-refractivity contribution is -0.115. The van der Waals surface area contributed by atoms with Gasteiger partial charge in [-0.1, -0.05) is 43.3 Å². The molecule has 0 saturated carbocycles. The second-order valence-corrected chi connectivity index (χ2v) is 6.26. The van der Waals surface area contributed by atoms with E-state index in [0.29, 0.717) is 12.0 Å². The number of phenols is 1. The number of anilines is 1. The zero-order valence-electron chi connectivity index (χ0n) is 15.2. The van der Waals surface area contributed by atoms with E-state index in [1.165, 1.54) is 5.56 Å². The number of hydrogen-bond acceptors (Lipinski definition) is 3. The van der Waals surface area contributed by atoms with Crippen LogP contribution in [0.2, 0.25) is 0 Å². The Bertz CT molecular complexity index is 932. The van der Waals surface area contributed by atoms with Crippen molar-refractivity contribution in [2.24, 2.45) is 4.99 Å². The molecule has 0 radical (unpaired) electrons. The van der Waals surface area contributed by atoms with E-state index >= 15 is 0 Å². The highest BCUT2D eigenvalue weighted by atomic mass is 16.3. The Morgan fingerprint density at radius 3 is 2.44 bits per heavy atom. The van der Waals surface area contributed by atoms with E-state index in [4.69, 9.17) is 0 Å². The topological polar surface area (TPSA) is 61.7 Å². The van der Waals surface area contributed by atoms with Crippen molar-refractivity contribution in [1.82, 2.24) is 0 Å². The molecule has 0 fully saturated rings. The monoisotopic (exact) mass is 358 g/mol. The minimum atomic E-state index is -0.0218. The average molecular weight is 358 g/mol. The van der Waals surface area contributed by atoms with E-state index in [2.05, 4.69) is 22.4 Å². The molecular weight excluding hydrogens is 336 g/mol. The number of phenolic OH excluding ortho intramolecular Hbond substituents is 1. The summed E-state index contributed by atoms with van der Waals surface area (Å²) in [6.07, 6.45) is 2.90. The normalized spacial score (nSPS) is 10.9. The minimum Gasteiger partial charge on any atom is -0.507 e. The quantitative estimate of drug-likeness (QED) is 0.604. The van der Waals surface area contributed by atoms with Crippen LogP contribution in [0.25, 0.3) is 0 Å². The van der Waals surface area contributed by atoms with E-state index in [1.54, 1.807) is 12.3 Å². The summed E-state index contributed by atoms with van der Waals surface area (Å²) < 4.78 is 0. The van der Waals surface area contributed by atoms with E-state index in [9.17, 15) is 9.90 Å². The van der Waals surface area contributed by atoms with Gasteiger partial charge in [0, 0.05) is 23.9 Å². The number of rotatable bonds is 6. The van der Waals surface area contributed by atoms with Crippen LogP contribution in [-0.4, -0.2) is 17.2 Å². The maximum atomic E-state index is 11.4. The van der Waals surface area contributed by atoms with Gasteiger partial charge < -0.3 is 10.4 Å². The molecule has 3 aromatic rings. The molecule has 2 N–H and O–H groups in total. The first-order valence-corrected chi connectivity index (χ1v) is 8.94. The van der Waals surface area contributed by atoms with Gasteiger partial charge in [-0.25, -0.2) is 0 Å². The van der Waals surface area contributed by atoms with Gasteiger partial charge in [0.2, 0.25) is 5.91 Å². The molecule has 0 aliphatic rings. The third kappa shape index (κ3) is 5.28. The molecular formula is C23H22N2O2. The number of nitrogens with zero attached hydrogens (tertiary/aromatic N) is 1. The van der Waals surface area contributed by atoms with Gasteiger partial charge in [0.25, 0.3) is 0 Å². The second-order valence-electron chi connectivity index (χ2n) is 6.26. The summed E-state index contributed by atoms with van der Waals surface area (Å²) in [5.74, 6) is 0.175. The molecule has 0 spiro atoms. The first kappa shape index (κ1) is 18.4. The summed E-state index contributed by atoms with van der Waals surface area (Å²) in [6, 6.07) is 23.0. The molecule has 0 bridgehead atoms. The fraction of sp³-hybridized carbons (Fsp3) is 0.130. The Morgan fingerprint density at radius 1 is 1.00 bits per heavy atom. The van der Waals surface area contributed by atoms with Gasteiger partial charge in [0.05, 0.1) is 5.69 Å². The van der Waals surface area contributed by atoms with Gasteiger partial charge in [0.1, 0.15) is 5.75 Å².